The van der Waals surface area contributed by atoms with Crippen LogP contribution in [0, 0.1) is 0 Å². The molecule has 2 rings (SSSR count). The molecule has 0 aliphatic carbocycles. The SMILES string of the molecule is COC(=O)c1ccnc(-n2cc(N)cn2)c1. The van der Waals surface area contributed by atoms with E-state index in [0.717, 1.165) is 0 Å². The minimum absolute atomic E-state index is 0.413. The van der Waals surface area contributed by atoms with Crippen LogP contribution in [0.3, 0.4) is 0 Å². The van der Waals surface area contributed by atoms with Gasteiger partial charge in [-0.05, 0) is 12.1 Å². The number of nitrogens with zero attached hydrogens (tertiary/aromatic N) is 3. The molecule has 0 aliphatic heterocycles. The molecule has 0 atom stereocenters. The lowest BCUT2D eigenvalue weighted by Gasteiger charge is -2.02. The Morgan fingerprint density at radius 2 is 2.38 bits per heavy atom. The lowest BCUT2D eigenvalue weighted by molar-refractivity contribution is 0.0600. The van der Waals surface area contributed by atoms with Crippen LogP contribution in [-0.4, -0.2) is 27.8 Å². The van der Waals surface area contributed by atoms with E-state index >= 15 is 0 Å². The summed E-state index contributed by atoms with van der Waals surface area (Å²) in [5.74, 6) is 0.100. The molecule has 0 aromatic carbocycles. The first-order valence-electron chi connectivity index (χ1n) is 4.55. The van der Waals surface area contributed by atoms with Crippen molar-refractivity contribution in [2.45, 2.75) is 0 Å². The fraction of sp³-hybridized carbons (Fsp3) is 0.100. The maximum absolute atomic E-state index is 11.3. The highest BCUT2D eigenvalue weighted by atomic mass is 16.5. The van der Waals surface area contributed by atoms with Crippen molar-refractivity contribution in [1.82, 2.24) is 14.8 Å². The average Bonchev–Trinajstić information content (AvgIpc) is 2.75. The second kappa shape index (κ2) is 4.01. The lowest BCUT2D eigenvalue weighted by atomic mass is 10.2. The molecule has 6 heteroatoms. The standard InChI is InChI=1S/C10H10N4O2/c1-16-10(15)7-2-3-12-9(4-7)14-6-8(11)5-13-14/h2-6H,11H2,1H3. The van der Waals surface area contributed by atoms with E-state index in [4.69, 9.17) is 5.73 Å². The summed E-state index contributed by atoms with van der Waals surface area (Å²) in [4.78, 5) is 15.4. The number of aromatic nitrogens is 3. The van der Waals surface area contributed by atoms with Crippen molar-refractivity contribution in [3.05, 3.63) is 36.3 Å². The predicted octanol–water partition coefficient (Wildman–Crippen LogP) is 0.636. The molecule has 2 heterocycles. The van der Waals surface area contributed by atoms with Gasteiger partial charge in [0.25, 0.3) is 0 Å². The third kappa shape index (κ3) is 1.85. The molecule has 16 heavy (non-hydrogen) atoms. The monoisotopic (exact) mass is 218 g/mol. The minimum atomic E-state index is -0.413. The fourth-order valence-electron chi connectivity index (χ4n) is 1.25. The summed E-state index contributed by atoms with van der Waals surface area (Å²) in [7, 11) is 1.33. The average molecular weight is 218 g/mol. The van der Waals surface area contributed by atoms with E-state index in [1.807, 2.05) is 0 Å². The number of pyridine rings is 1. The number of ether oxygens (including phenoxy) is 1. The number of hydrogen-bond acceptors (Lipinski definition) is 5. The third-order valence-corrected chi connectivity index (χ3v) is 2.00. The zero-order valence-corrected chi connectivity index (χ0v) is 8.62. The van der Waals surface area contributed by atoms with Gasteiger partial charge in [-0.2, -0.15) is 5.10 Å². The number of hydrogen-bond donors (Lipinski definition) is 1. The van der Waals surface area contributed by atoms with E-state index in [1.54, 1.807) is 18.3 Å². The van der Waals surface area contributed by atoms with Crippen LogP contribution in [0.25, 0.3) is 5.82 Å². The normalized spacial score (nSPS) is 10.1. The quantitative estimate of drug-likeness (QED) is 0.748. The van der Waals surface area contributed by atoms with Gasteiger partial charge in [-0.3, -0.25) is 0 Å². The Morgan fingerprint density at radius 1 is 1.56 bits per heavy atom. The van der Waals surface area contributed by atoms with Crippen molar-refractivity contribution in [2.75, 3.05) is 12.8 Å². The molecule has 0 aliphatic rings. The highest BCUT2D eigenvalue weighted by molar-refractivity contribution is 5.89. The number of nitrogen functional groups attached to an aromatic ring is 1. The van der Waals surface area contributed by atoms with Gasteiger partial charge in [0.2, 0.25) is 0 Å². The first-order valence-corrected chi connectivity index (χ1v) is 4.55. The fourth-order valence-corrected chi connectivity index (χ4v) is 1.25. The number of esters is 1. The van der Waals surface area contributed by atoms with Crippen LogP contribution in [0.15, 0.2) is 30.7 Å². The van der Waals surface area contributed by atoms with Gasteiger partial charge in [-0.1, -0.05) is 0 Å². The number of nitrogens with two attached hydrogens (primary N) is 1. The van der Waals surface area contributed by atoms with Crippen LogP contribution in [-0.2, 0) is 4.74 Å². The van der Waals surface area contributed by atoms with E-state index in [2.05, 4.69) is 14.8 Å². The van der Waals surface area contributed by atoms with Gasteiger partial charge in [-0.15, -0.1) is 0 Å². The van der Waals surface area contributed by atoms with Crippen LogP contribution < -0.4 is 5.73 Å². The number of anilines is 1. The summed E-state index contributed by atoms with van der Waals surface area (Å²) in [5.41, 5.74) is 6.49. The molecule has 0 saturated carbocycles. The molecule has 0 saturated heterocycles. The highest BCUT2D eigenvalue weighted by Gasteiger charge is 2.07. The van der Waals surface area contributed by atoms with E-state index in [9.17, 15) is 4.79 Å². The molecule has 0 amide bonds. The van der Waals surface area contributed by atoms with Crippen molar-refractivity contribution in [3.8, 4) is 5.82 Å². The largest absolute Gasteiger partial charge is 0.465 e. The highest BCUT2D eigenvalue weighted by Crippen LogP contribution is 2.09. The zero-order valence-electron chi connectivity index (χ0n) is 8.62. The topological polar surface area (TPSA) is 83.0 Å². The molecule has 2 aromatic heterocycles. The number of carbonyl (C=O) groups is 1. The molecule has 0 fully saturated rings. The Kier molecular flexibility index (Phi) is 2.55. The second-order valence-corrected chi connectivity index (χ2v) is 3.11. The zero-order chi connectivity index (χ0) is 11.5. The summed E-state index contributed by atoms with van der Waals surface area (Å²) in [6.45, 7) is 0. The molecule has 0 spiro atoms. The molecule has 0 unspecified atom stereocenters. The minimum Gasteiger partial charge on any atom is -0.465 e. The summed E-state index contributed by atoms with van der Waals surface area (Å²) in [5, 5.41) is 3.99. The number of rotatable bonds is 2. The van der Waals surface area contributed by atoms with E-state index in [1.165, 1.54) is 24.2 Å². The van der Waals surface area contributed by atoms with E-state index < -0.39 is 5.97 Å². The molecule has 2 N–H and O–H groups in total. The Bertz CT molecular complexity index is 521. The summed E-state index contributed by atoms with van der Waals surface area (Å²) >= 11 is 0. The molecule has 0 radical (unpaired) electrons. The number of methoxy groups -OCH3 is 1. The Labute approximate surface area is 91.7 Å². The molecule has 82 valence electrons. The lowest BCUT2D eigenvalue weighted by Crippen LogP contribution is -2.04. The van der Waals surface area contributed by atoms with E-state index in [0.29, 0.717) is 17.1 Å². The Balaban J connectivity index is 2.39. The smallest absolute Gasteiger partial charge is 0.338 e. The summed E-state index contributed by atoms with van der Waals surface area (Å²) < 4.78 is 6.10. The predicted molar refractivity (Wildman–Crippen MR) is 57.1 cm³/mol. The van der Waals surface area contributed by atoms with Gasteiger partial charge in [0.05, 0.1) is 30.8 Å². The van der Waals surface area contributed by atoms with Gasteiger partial charge in [0, 0.05) is 6.20 Å². The van der Waals surface area contributed by atoms with Crippen LogP contribution in [0.2, 0.25) is 0 Å². The molecule has 2 aromatic rings. The van der Waals surface area contributed by atoms with Crippen LogP contribution in [0.4, 0.5) is 5.69 Å². The molecular formula is C10H10N4O2. The summed E-state index contributed by atoms with van der Waals surface area (Å²) in [6, 6.07) is 3.15. The first kappa shape index (κ1) is 10.2. The van der Waals surface area contributed by atoms with Gasteiger partial charge in [0.15, 0.2) is 5.82 Å². The van der Waals surface area contributed by atoms with Crippen LogP contribution >= 0.6 is 0 Å². The van der Waals surface area contributed by atoms with Crippen molar-refractivity contribution < 1.29 is 9.53 Å². The van der Waals surface area contributed by atoms with Gasteiger partial charge in [-0.25, -0.2) is 14.5 Å². The van der Waals surface area contributed by atoms with Gasteiger partial charge in [0.1, 0.15) is 0 Å². The Morgan fingerprint density at radius 3 is 3.00 bits per heavy atom. The molecule has 0 bridgehead atoms. The molecule has 6 nitrogen and oxygen atoms in total. The maximum Gasteiger partial charge on any atom is 0.338 e. The first-order chi connectivity index (χ1) is 7.70. The van der Waals surface area contributed by atoms with Gasteiger partial charge >= 0.3 is 5.97 Å². The van der Waals surface area contributed by atoms with Gasteiger partial charge < -0.3 is 10.5 Å². The van der Waals surface area contributed by atoms with Crippen molar-refractivity contribution in [3.63, 3.8) is 0 Å². The van der Waals surface area contributed by atoms with Crippen molar-refractivity contribution in [1.29, 1.82) is 0 Å². The van der Waals surface area contributed by atoms with Crippen molar-refractivity contribution in [2.24, 2.45) is 0 Å². The van der Waals surface area contributed by atoms with E-state index in [-0.39, 0.29) is 0 Å². The van der Waals surface area contributed by atoms with Crippen molar-refractivity contribution >= 4 is 11.7 Å². The van der Waals surface area contributed by atoms with Crippen LogP contribution in [0.5, 0.6) is 0 Å². The summed E-state index contributed by atoms with van der Waals surface area (Å²) in [6.07, 6.45) is 4.63. The second-order valence-electron chi connectivity index (χ2n) is 3.11. The third-order valence-electron chi connectivity index (χ3n) is 2.00. The van der Waals surface area contributed by atoms with Crippen LogP contribution in [0.1, 0.15) is 10.4 Å². The Hall–Kier alpha value is -2.37. The molecular weight excluding hydrogens is 208 g/mol. The number of carbonyl (C=O) groups excluding carboxylic acids is 1. The maximum atomic E-state index is 11.3.